The molecule has 2 aliphatic rings. The van der Waals surface area contributed by atoms with Gasteiger partial charge in [-0.3, -0.25) is 4.79 Å². The van der Waals surface area contributed by atoms with Crippen molar-refractivity contribution in [2.24, 2.45) is 17.8 Å². The summed E-state index contributed by atoms with van der Waals surface area (Å²) < 4.78 is 12.0. The van der Waals surface area contributed by atoms with E-state index in [-0.39, 0.29) is 6.42 Å². The molecule has 0 amide bonds. The highest BCUT2D eigenvalue weighted by Crippen LogP contribution is 2.49. The van der Waals surface area contributed by atoms with Crippen molar-refractivity contribution in [2.45, 2.75) is 32.1 Å². The fourth-order valence-corrected chi connectivity index (χ4v) is 2.83. The number of hydrogen-bond acceptors (Lipinski definition) is 1. The van der Waals surface area contributed by atoms with E-state index in [1.807, 2.05) is 0 Å². The molecule has 2 heteroatoms. The Morgan fingerprint density at radius 2 is 2.18 bits per heavy atom. The minimum Gasteiger partial charge on any atom is -0.261 e. The van der Waals surface area contributed by atoms with E-state index in [2.05, 4.69) is 0 Å². The van der Waals surface area contributed by atoms with E-state index in [4.69, 9.17) is 0 Å². The molecule has 0 radical (unpaired) electrons. The Bertz CT molecular complexity index is 178. The topological polar surface area (TPSA) is 17.1 Å². The molecule has 0 saturated heterocycles. The van der Waals surface area contributed by atoms with Gasteiger partial charge >= 0.3 is 6.04 Å². The summed E-state index contributed by atoms with van der Waals surface area (Å²) in [6, 6.07) is -1.11. The number of hydrogen-bond donors (Lipinski definition) is 0. The van der Waals surface area contributed by atoms with Crippen molar-refractivity contribution < 1.29 is 9.18 Å². The monoisotopic (exact) mass is 156 g/mol. The molecule has 3 unspecified atom stereocenters. The molecule has 11 heavy (non-hydrogen) atoms. The van der Waals surface area contributed by atoms with Crippen molar-refractivity contribution in [2.75, 3.05) is 0 Å². The largest absolute Gasteiger partial charge is 0.301 e. The predicted molar refractivity (Wildman–Crippen MR) is 39.7 cm³/mol. The molecule has 2 aliphatic carbocycles. The maximum atomic E-state index is 12.0. The van der Waals surface area contributed by atoms with Crippen LogP contribution in [0.3, 0.4) is 0 Å². The minimum absolute atomic E-state index is 0.196. The highest BCUT2D eigenvalue weighted by Gasteiger charge is 2.40. The number of halogens is 1. The van der Waals surface area contributed by atoms with Crippen LogP contribution in [0.15, 0.2) is 0 Å². The van der Waals surface area contributed by atoms with Crippen LogP contribution >= 0.6 is 0 Å². The van der Waals surface area contributed by atoms with E-state index in [1.165, 1.54) is 19.3 Å². The molecule has 0 aromatic heterocycles. The van der Waals surface area contributed by atoms with Crippen molar-refractivity contribution in [3.8, 4) is 0 Å². The summed E-state index contributed by atoms with van der Waals surface area (Å²) in [4.78, 5) is 10.2. The highest BCUT2D eigenvalue weighted by atomic mass is 19.1. The standard InChI is InChI=1S/C9H13FO/c10-9(11)5-8-4-6-1-2-7(8)3-6/h6-8H,1-5H2. The van der Waals surface area contributed by atoms with Crippen molar-refractivity contribution in [1.82, 2.24) is 0 Å². The first-order chi connectivity index (χ1) is 5.25. The quantitative estimate of drug-likeness (QED) is 0.561. The van der Waals surface area contributed by atoms with Crippen LogP contribution in [0.2, 0.25) is 0 Å². The average Bonchev–Trinajstić information content (AvgIpc) is 2.45. The summed E-state index contributed by atoms with van der Waals surface area (Å²) in [6.07, 6.45) is 5.13. The molecule has 0 aliphatic heterocycles. The Morgan fingerprint density at radius 3 is 2.64 bits per heavy atom. The van der Waals surface area contributed by atoms with E-state index in [0.717, 1.165) is 12.3 Å². The van der Waals surface area contributed by atoms with E-state index < -0.39 is 6.04 Å². The Morgan fingerprint density at radius 1 is 1.36 bits per heavy atom. The zero-order valence-corrected chi connectivity index (χ0v) is 6.55. The Hall–Kier alpha value is -0.400. The third-order valence-electron chi connectivity index (χ3n) is 3.31. The molecule has 0 spiro atoms. The second kappa shape index (κ2) is 2.58. The number of rotatable bonds is 2. The third-order valence-corrected chi connectivity index (χ3v) is 3.31. The van der Waals surface area contributed by atoms with Gasteiger partial charge in [-0.25, -0.2) is 0 Å². The van der Waals surface area contributed by atoms with Gasteiger partial charge in [-0.2, -0.15) is 4.39 Å². The zero-order chi connectivity index (χ0) is 7.84. The van der Waals surface area contributed by atoms with Gasteiger partial charge in [-0.1, -0.05) is 6.42 Å². The highest BCUT2D eigenvalue weighted by molar-refractivity contribution is 5.68. The maximum Gasteiger partial charge on any atom is 0.301 e. The van der Waals surface area contributed by atoms with E-state index in [1.54, 1.807) is 0 Å². The lowest BCUT2D eigenvalue weighted by molar-refractivity contribution is -0.130. The summed E-state index contributed by atoms with van der Waals surface area (Å²) in [7, 11) is 0. The number of carbonyl (C=O) groups excluding carboxylic acids is 1. The minimum atomic E-state index is -1.11. The molecule has 2 fully saturated rings. The van der Waals surface area contributed by atoms with Gasteiger partial charge in [0, 0.05) is 6.42 Å². The molecule has 1 nitrogen and oxygen atoms in total. The average molecular weight is 156 g/mol. The summed E-state index contributed by atoms with van der Waals surface area (Å²) >= 11 is 0. The molecule has 2 saturated carbocycles. The van der Waals surface area contributed by atoms with E-state index in [0.29, 0.717) is 11.8 Å². The van der Waals surface area contributed by atoms with Crippen molar-refractivity contribution >= 4 is 6.04 Å². The van der Waals surface area contributed by atoms with Crippen LogP contribution in [0, 0.1) is 17.8 Å². The summed E-state index contributed by atoms with van der Waals surface area (Å²) in [5.41, 5.74) is 0. The smallest absolute Gasteiger partial charge is 0.261 e. The summed E-state index contributed by atoms with van der Waals surface area (Å²) in [5, 5.41) is 0. The second-order valence-electron chi connectivity index (χ2n) is 3.99. The lowest BCUT2D eigenvalue weighted by Crippen LogP contribution is -2.12. The molecular formula is C9H13FO. The van der Waals surface area contributed by atoms with Gasteiger partial charge < -0.3 is 0 Å². The van der Waals surface area contributed by atoms with Gasteiger partial charge in [0.25, 0.3) is 0 Å². The zero-order valence-electron chi connectivity index (χ0n) is 6.55. The molecule has 3 atom stereocenters. The third kappa shape index (κ3) is 1.31. The van der Waals surface area contributed by atoms with Gasteiger partial charge in [-0.15, -0.1) is 0 Å². The van der Waals surface area contributed by atoms with E-state index in [9.17, 15) is 9.18 Å². The SMILES string of the molecule is O=C(F)CC1CC2CCC1C2. The Kier molecular flexibility index (Phi) is 1.70. The molecule has 0 aromatic rings. The van der Waals surface area contributed by atoms with Crippen LogP contribution in [0.5, 0.6) is 0 Å². The second-order valence-corrected chi connectivity index (χ2v) is 3.99. The molecule has 2 bridgehead atoms. The number of fused-ring (bicyclic) bond motifs is 2. The van der Waals surface area contributed by atoms with Crippen LogP contribution in [0.4, 0.5) is 4.39 Å². The Balaban J connectivity index is 1.92. The molecule has 62 valence electrons. The van der Waals surface area contributed by atoms with Gasteiger partial charge in [0.15, 0.2) is 0 Å². The van der Waals surface area contributed by atoms with Gasteiger partial charge in [-0.05, 0) is 37.0 Å². The lowest BCUT2D eigenvalue weighted by Gasteiger charge is -2.18. The van der Waals surface area contributed by atoms with Crippen LogP contribution in [0.25, 0.3) is 0 Å². The summed E-state index contributed by atoms with van der Waals surface area (Å²) in [5.74, 6) is 1.90. The molecule has 0 N–H and O–H groups in total. The lowest BCUT2D eigenvalue weighted by atomic mass is 9.87. The van der Waals surface area contributed by atoms with Crippen molar-refractivity contribution in [1.29, 1.82) is 0 Å². The van der Waals surface area contributed by atoms with Crippen LogP contribution in [-0.2, 0) is 4.79 Å². The Labute approximate surface area is 66.0 Å². The van der Waals surface area contributed by atoms with Crippen LogP contribution < -0.4 is 0 Å². The first-order valence-electron chi connectivity index (χ1n) is 4.44. The van der Waals surface area contributed by atoms with Crippen molar-refractivity contribution in [3.05, 3.63) is 0 Å². The fraction of sp³-hybridized carbons (Fsp3) is 0.889. The predicted octanol–water partition coefficient (Wildman–Crippen LogP) is 2.31. The van der Waals surface area contributed by atoms with Crippen LogP contribution in [0.1, 0.15) is 32.1 Å². The first kappa shape index (κ1) is 7.26. The van der Waals surface area contributed by atoms with Gasteiger partial charge in [0.1, 0.15) is 0 Å². The number of carbonyl (C=O) groups is 1. The van der Waals surface area contributed by atoms with Gasteiger partial charge in [0.2, 0.25) is 0 Å². The van der Waals surface area contributed by atoms with Crippen molar-refractivity contribution in [3.63, 3.8) is 0 Å². The molecule has 0 aromatic carbocycles. The fourth-order valence-electron chi connectivity index (χ4n) is 2.83. The van der Waals surface area contributed by atoms with Crippen LogP contribution in [-0.4, -0.2) is 6.04 Å². The van der Waals surface area contributed by atoms with E-state index >= 15 is 0 Å². The molecular weight excluding hydrogens is 143 g/mol. The summed E-state index contributed by atoms with van der Waals surface area (Å²) in [6.45, 7) is 0. The maximum absolute atomic E-state index is 12.0. The molecule has 2 rings (SSSR count). The van der Waals surface area contributed by atoms with Gasteiger partial charge in [0.05, 0.1) is 0 Å². The first-order valence-corrected chi connectivity index (χ1v) is 4.44. The normalized spacial score (nSPS) is 41.4. The molecule has 0 heterocycles.